The average Bonchev–Trinajstić information content (AvgIpc) is 2.39. The molecule has 3 rings (SSSR count). The molecule has 0 amide bonds. The number of pyridine rings is 1. The van der Waals surface area contributed by atoms with Crippen molar-refractivity contribution in [2.24, 2.45) is 0 Å². The molecule has 0 aliphatic carbocycles. The number of hydrogen-bond acceptors (Lipinski definition) is 3. The summed E-state index contributed by atoms with van der Waals surface area (Å²) in [5, 5.41) is 10.6. The Kier molecular flexibility index (Phi) is 3.39. The third kappa shape index (κ3) is 2.71. The van der Waals surface area contributed by atoms with Crippen molar-refractivity contribution in [1.82, 2.24) is 9.88 Å². The van der Waals surface area contributed by atoms with Gasteiger partial charge in [-0.15, -0.1) is 0 Å². The molecule has 1 aliphatic rings. The van der Waals surface area contributed by atoms with E-state index in [9.17, 15) is 5.11 Å². The normalized spacial score (nSPS) is 18.0. The molecule has 1 aliphatic heterocycles. The lowest BCUT2D eigenvalue weighted by molar-refractivity contribution is -0.107. The monoisotopic (exact) mass is 318 g/mol. The standard InChI is InChI=1S/C15H15BrN2O/c16-14-3-1-13(2-4-14)15(19)10-18(11-15)9-12-5-7-17-8-6-12/h1-8,19H,9-11H2. The molecule has 2 aromatic rings. The van der Waals surface area contributed by atoms with Crippen LogP contribution >= 0.6 is 15.9 Å². The van der Waals surface area contributed by atoms with Gasteiger partial charge in [-0.1, -0.05) is 28.1 Å². The minimum absolute atomic E-state index is 0.678. The van der Waals surface area contributed by atoms with Gasteiger partial charge in [-0.25, -0.2) is 0 Å². The SMILES string of the molecule is OC1(c2ccc(Br)cc2)CN(Cc2ccncc2)C1. The van der Waals surface area contributed by atoms with E-state index in [2.05, 4.69) is 25.8 Å². The minimum atomic E-state index is -0.701. The van der Waals surface area contributed by atoms with E-state index >= 15 is 0 Å². The van der Waals surface area contributed by atoms with Crippen LogP contribution in [0.2, 0.25) is 0 Å². The number of rotatable bonds is 3. The summed E-state index contributed by atoms with van der Waals surface area (Å²) in [6.45, 7) is 2.22. The molecule has 1 saturated heterocycles. The van der Waals surface area contributed by atoms with Crippen LogP contribution in [0.5, 0.6) is 0 Å². The number of hydrogen-bond donors (Lipinski definition) is 1. The zero-order valence-corrected chi connectivity index (χ0v) is 12.0. The molecule has 0 radical (unpaired) electrons. The predicted octanol–water partition coefficient (Wildman–Crippen LogP) is 2.55. The van der Waals surface area contributed by atoms with Gasteiger partial charge in [0, 0.05) is 36.5 Å². The van der Waals surface area contributed by atoms with Gasteiger partial charge in [-0.05, 0) is 35.4 Å². The summed E-state index contributed by atoms with van der Waals surface area (Å²) in [5.41, 5.74) is 1.52. The zero-order chi connectivity index (χ0) is 13.3. The predicted molar refractivity (Wildman–Crippen MR) is 77.6 cm³/mol. The number of aromatic nitrogens is 1. The summed E-state index contributed by atoms with van der Waals surface area (Å²) in [6.07, 6.45) is 3.60. The van der Waals surface area contributed by atoms with Crippen molar-refractivity contribution in [3.63, 3.8) is 0 Å². The van der Waals surface area contributed by atoms with Crippen LogP contribution in [-0.4, -0.2) is 28.1 Å². The summed E-state index contributed by atoms with van der Waals surface area (Å²) < 4.78 is 1.04. The van der Waals surface area contributed by atoms with Gasteiger partial charge in [-0.2, -0.15) is 0 Å². The Morgan fingerprint density at radius 1 is 1.11 bits per heavy atom. The molecule has 0 saturated carbocycles. The second kappa shape index (κ2) is 5.04. The smallest absolute Gasteiger partial charge is 0.115 e. The van der Waals surface area contributed by atoms with Crippen molar-refractivity contribution in [1.29, 1.82) is 0 Å². The van der Waals surface area contributed by atoms with Crippen LogP contribution in [0, 0.1) is 0 Å². The molecule has 0 spiro atoms. The topological polar surface area (TPSA) is 36.4 Å². The lowest BCUT2D eigenvalue weighted by Gasteiger charge is -2.47. The Hall–Kier alpha value is -1.23. The highest BCUT2D eigenvalue weighted by molar-refractivity contribution is 9.10. The van der Waals surface area contributed by atoms with Gasteiger partial charge in [0.25, 0.3) is 0 Å². The first-order valence-corrected chi connectivity index (χ1v) is 7.05. The summed E-state index contributed by atoms with van der Waals surface area (Å²) in [6, 6.07) is 11.9. The van der Waals surface area contributed by atoms with Gasteiger partial charge >= 0.3 is 0 Å². The third-order valence-electron chi connectivity index (χ3n) is 3.51. The first-order chi connectivity index (χ1) is 9.16. The second-order valence-electron chi connectivity index (χ2n) is 5.04. The highest BCUT2D eigenvalue weighted by Crippen LogP contribution is 2.33. The molecule has 1 fully saturated rings. The molecular formula is C15H15BrN2O. The molecule has 0 unspecified atom stereocenters. The van der Waals surface area contributed by atoms with Crippen molar-refractivity contribution in [2.75, 3.05) is 13.1 Å². The Morgan fingerprint density at radius 3 is 2.37 bits per heavy atom. The van der Waals surface area contributed by atoms with Crippen molar-refractivity contribution in [2.45, 2.75) is 12.1 Å². The van der Waals surface area contributed by atoms with Crippen molar-refractivity contribution >= 4 is 15.9 Å². The highest BCUT2D eigenvalue weighted by atomic mass is 79.9. The summed E-state index contributed by atoms with van der Waals surface area (Å²) in [7, 11) is 0. The van der Waals surface area contributed by atoms with Crippen LogP contribution < -0.4 is 0 Å². The lowest BCUT2D eigenvalue weighted by atomic mass is 9.86. The van der Waals surface area contributed by atoms with Crippen LogP contribution in [-0.2, 0) is 12.1 Å². The molecule has 0 bridgehead atoms. The minimum Gasteiger partial charge on any atom is -0.382 e. The summed E-state index contributed by atoms with van der Waals surface area (Å²) in [4.78, 5) is 6.24. The highest BCUT2D eigenvalue weighted by Gasteiger charge is 2.42. The number of likely N-dealkylation sites (tertiary alicyclic amines) is 1. The first kappa shape index (κ1) is 12.8. The summed E-state index contributed by atoms with van der Waals surface area (Å²) in [5.74, 6) is 0. The van der Waals surface area contributed by atoms with Crippen molar-refractivity contribution < 1.29 is 5.11 Å². The quantitative estimate of drug-likeness (QED) is 0.944. The van der Waals surface area contributed by atoms with Crippen LogP contribution in [0.1, 0.15) is 11.1 Å². The molecule has 0 atom stereocenters. The second-order valence-corrected chi connectivity index (χ2v) is 5.95. The van der Waals surface area contributed by atoms with Gasteiger partial charge in [0.05, 0.1) is 0 Å². The fourth-order valence-electron chi connectivity index (χ4n) is 2.49. The molecular weight excluding hydrogens is 304 g/mol. The first-order valence-electron chi connectivity index (χ1n) is 6.25. The van der Waals surface area contributed by atoms with Gasteiger partial charge in [0.1, 0.15) is 5.60 Å². The molecule has 2 heterocycles. The molecule has 3 nitrogen and oxygen atoms in total. The molecule has 4 heteroatoms. The van der Waals surface area contributed by atoms with Crippen LogP contribution in [0.25, 0.3) is 0 Å². The Labute approximate surface area is 121 Å². The Bertz CT molecular complexity index is 550. The number of halogens is 1. The molecule has 98 valence electrons. The van der Waals surface area contributed by atoms with Gasteiger partial charge in [0.15, 0.2) is 0 Å². The average molecular weight is 319 g/mol. The fraction of sp³-hybridized carbons (Fsp3) is 0.267. The van der Waals surface area contributed by atoms with E-state index in [0.717, 1.165) is 16.6 Å². The maximum absolute atomic E-state index is 10.6. The van der Waals surface area contributed by atoms with Crippen LogP contribution in [0.15, 0.2) is 53.3 Å². The third-order valence-corrected chi connectivity index (χ3v) is 4.04. The van der Waals surface area contributed by atoms with E-state index in [1.165, 1.54) is 5.56 Å². The molecule has 1 aromatic heterocycles. The Morgan fingerprint density at radius 2 is 1.74 bits per heavy atom. The Balaban J connectivity index is 1.64. The largest absolute Gasteiger partial charge is 0.382 e. The van der Waals surface area contributed by atoms with Crippen molar-refractivity contribution in [3.05, 3.63) is 64.4 Å². The fourth-order valence-corrected chi connectivity index (χ4v) is 2.76. The lowest BCUT2D eigenvalue weighted by Crippen LogP contribution is -2.58. The van der Waals surface area contributed by atoms with Gasteiger partial charge in [-0.3, -0.25) is 9.88 Å². The van der Waals surface area contributed by atoms with Crippen molar-refractivity contribution in [3.8, 4) is 0 Å². The van der Waals surface area contributed by atoms with Crippen LogP contribution in [0.4, 0.5) is 0 Å². The van der Waals surface area contributed by atoms with Gasteiger partial charge in [0.2, 0.25) is 0 Å². The number of benzene rings is 1. The number of β-amino-alcohol motifs (C(OH)–C–C–N with tert-alkyl or cyclic N) is 1. The maximum atomic E-state index is 10.6. The van der Waals surface area contributed by atoms with Gasteiger partial charge < -0.3 is 5.11 Å². The van der Waals surface area contributed by atoms with E-state index < -0.39 is 5.60 Å². The van der Waals surface area contributed by atoms with E-state index in [0.29, 0.717) is 13.1 Å². The van der Waals surface area contributed by atoms with Crippen LogP contribution in [0.3, 0.4) is 0 Å². The summed E-state index contributed by atoms with van der Waals surface area (Å²) >= 11 is 3.41. The van der Waals surface area contributed by atoms with E-state index in [4.69, 9.17) is 0 Å². The van der Waals surface area contributed by atoms with E-state index in [-0.39, 0.29) is 0 Å². The molecule has 19 heavy (non-hydrogen) atoms. The zero-order valence-electron chi connectivity index (χ0n) is 10.5. The maximum Gasteiger partial charge on any atom is 0.115 e. The molecule has 1 aromatic carbocycles. The van der Waals surface area contributed by atoms with E-state index in [1.54, 1.807) is 12.4 Å². The van der Waals surface area contributed by atoms with E-state index in [1.807, 2.05) is 36.4 Å². The molecule has 1 N–H and O–H groups in total. The number of nitrogens with zero attached hydrogens (tertiary/aromatic N) is 2. The number of aliphatic hydroxyl groups is 1.